The summed E-state index contributed by atoms with van der Waals surface area (Å²) >= 11 is 6.11. The van der Waals surface area contributed by atoms with E-state index in [-0.39, 0.29) is 0 Å². The Hall–Kier alpha value is -2.13. The highest BCUT2D eigenvalue weighted by Gasteiger charge is 2.10. The van der Waals surface area contributed by atoms with E-state index in [0.717, 1.165) is 22.5 Å². The second kappa shape index (κ2) is 6.32. The lowest BCUT2D eigenvalue weighted by molar-refractivity contribution is 0.880. The van der Waals surface area contributed by atoms with Gasteiger partial charge in [-0.25, -0.2) is 9.97 Å². The molecule has 0 fully saturated rings. The average Bonchev–Trinajstić information content (AvgIpc) is 2.47. The quantitative estimate of drug-likeness (QED) is 0.759. The van der Waals surface area contributed by atoms with Crippen molar-refractivity contribution in [3.8, 4) is 0 Å². The molecule has 0 atom stereocenters. The molecule has 0 saturated carbocycles. The molecule has 112 valence electrons. The van der Waals surface area contributed by atoms with Gasteiger partial charge in [-0.2, -0.15) is 0 Å². The maximum absolute atomic E-state index is 6.11. The number of hydrogen-bond acceptors (Lipinski definition) is 3. The Morgan fingerprint density at radius 2 is 1.82 bits per heavy atom. The van der Waals surface area contributed by atoms with E-state index >= 15 is 0 Å². The third-order valence-electron chi connectivity index (χ3n) is 3.34. The lowest BCUT2D eigenvalue weighted by atomic mass is 10.1. The van der Waals surface area contributed by atoms with Crippen LogP contribution in [-0.4, -0.2) is 16.0 Å². The van der Waals surface area contributed by atoms with Crippen LogP contribution in [0.4, 0.5) is 5.82 Å². The van der Waals surface area contributed by atoms with E-state index in [1.165, 1.54) is 5.56 Å². The van der Waals surface area contributed by atoms with Crippen molar-refractivity contribution < 1.29 is 0 Å². The van der Waals surface area contributed by atoms with Crippen molar-refractivity contribution in [2.24, 2.45) is 0 Å². The van der Waals surface area contributed by atoms with Crippen molar-refractivity contribution in [3.05, 3.63) is 64.9 Å². The molecule has 0 aliphatic rings. The van der Waals surface area contributed by atoms with Crippen LogP contribution in [0.3, 0.4) is 0 Å². The van der Waals surface area contributed by atoms with Gasteiger partial charge in [0.05, 0.1) is 5.52 Å². The van der Waals surface area contributed by atoms with Crippen LogP contribution in [-0.2, 0) is 6.42 Å². The number of anilines is 1. The molecule has 0 aliphatic carbocycles. The Bertz CT molecular complexity index is 785. The zero-order valence-electron chi connectivity index (χ0n) is 12.7. The van der Waals surface area contributed by atoms with Crippen molar-refractivity contribution in [3.63, 3.8) is 0 Å². The van der Waals surface area contributed by atoms with Crippen molar-refractivity contribution in [2.75, 3.05) is 5.32 Å². The molecule has 3 aromatic rings. The number of rotatable bonds is 4. The second-order valence-corrected chi connectivity index (χ2v) is 6.05. The summed E-state index contributed by atoms with van der Waals surface area (Å²) in [6.07, 6.45) is 0.704. The molecule has 0 unspecified atom stereocenters. The van der Waals surface area contributed by atoms with Crippen LogP contribution >= 0.6 is 11.6 Å². The number of aromatic nitrogens is 2. The van der Waals surface area contributed by atoms with Crippen molar-refractivity contribution in [1.82, 2.24) is 9.97 Å². The highest BCUT2D eigenvalue weighted by atomic mass is 35.5. The molecular weight excluding hydrogens is 294 g/mol. The molecule has 3 nitrogen and oxygen atoms in total. The van der Waals surface area contributed by atoms with E-state index in [2.05, 4.69) is 36.3 Å². The predicted octanol–water partition coefficient (Wildman–Crippen LogP) is 4.69. The summed E-state index contributed by atoms with van der Waals surface area (Å²) in [5.74, 6) is 1.66. The molecule has 4 heteroatoms. The van der Waals surface area contributed by atoms with Gasteiger partial charge in [-0.1, -0.05) is 41.9 Å². The van der Waals surface area contributed by atoms with Crippen LogP contribution in [0.5, 0.6) is 0 Å². The largest absolute Gasteiger partial charge is 0.367 e. The fourth-order valence-electron chi connectivity index (χ4n) is 2.39. The molecule has 1 N–H and O–H groups in total. The van der Waals surface area contributed by atoms with E-state index in [9.17, 15) is 0 Å². The minimum absolute atomic E-state index is 0.304. The summed E-state index contributed by atoms with van der Waals surface area (Å²) < 4.78 is 0. The molecular formula is C18H18ClN3. The van der Waals surface area contributed by atoms with Gasteiger partial charge < -0.3 is 5.32 Å². The third kappa shape index (κ3) is 3.37. The lowest BCUT2D eigenvalue weighted by Crippen LogP contribution is -2.13. The maximum Gasteiger partial charge on any atom is 0.137 e. The van der Waals surface area contributed by atoms with Gasteiger partial charge in [-0.3, -0.25) is 0 Å². The van der Waals surface area contributed by atoms with Gasteiger partial charge in [0.1, 0.15) is 11.6 Å². The molecule has 3 rings (SSSR count). The first kappa shape index (κ1) is 14.8. The highest BCUT2D eigenvalue weighted by molar-refractivity contribution is 6.31. The number of nitrogens with one attached hydrogen (secondary N) is 1. The number of halogens is 1. The Kier molecular flexibility index (Phi) is 4.25. The van der Waals surface area contributed by atoms with E-state index < -0.39 is 0 Å². The maximum atomic E-state index is 6.11. The van der Waals surface area contributed by atoms with E-state index in [1.54, 1.807) is 0 Å². The molecule has 0 saturated heterocycles. The van der Waals surface area contributed by atoms with Crippen LogP contribution < -0.4 is 5.32 Å². The SMILES string of the molecule is CC(C)Nc1nc(Cc2ccccc2)nc2cc(Cl)ccc12. The summed E-state index contributed by atoms with van der Waals surface area (Å²) in [6.45, 7) is 4.20. The van der Waals surface area contributed by atoms with Crippen molar-refractivity contribution >= 4 is 28.3 Å². The van der Waals surface area contributed by atoms with E-state index in [4.69, 9.17) is 16.6 Å². The molecule has 0 aliphatic heterocycles. The normalized spacial score (nSPS) is 11.1. The summed E-state index contributed by atoms with van der Waals surface area (Å²) in [4.78, 5) is 9.36. The first-order chi connectivity index (χ1) is 10.6. The fraction of sp³-hybridized carbons (Fsp3) is 0.222. The third-order valence-corrected chi connectivity index (χ3v) is 3.57. The molecule has 1 aromatic heterocycles. The summed E-state index contributed by atoms with van der Waals surface area (Å²) in [5, 5.41) is 5.08. The Morgan fingerprint density at radius 3 is 2.55 bits per heavy atom. The van der Waals surface area contributed by atoms with Gasteiger partial charge >= 0.3 is 0 Å². The van der Waals surface area contributed by atoms with Gasteiger partial charge in [0, 0.05) is 22.9 Å². The van der Waals surface area contributed by atoms with Gasteiger partial charge in [-0.05, 0) is 37.6 Å². The average molecular weight is 312 g/mol. The summed E-state index contributed by atoms with van der Waals surface area (Å²) in [7, 11) is 0. The predicted molar refractivity (Wildman–Crippen MR) is 92.6 cm³/mol. The first-order valence-corrected chi connectivity index (χ1v) is 7.76. The standard InChI is InChI=1S/C18H18ClN3/c1-12(2)20-18-15-9-8-14(19)11-16(15)21-17(22-18)10-13-6-4-3-5-7-13/h3-9,11-12H,10H2,1-2H3,(H,20,21,22). The second-order valence-electron chi connectivity index (χ2n) is 5.61. The number of benzene rings is 2. The minimum Gasteiger partial charge on any atom is -0.367 e. The smallest absolute Gasteiger partial charge is 0.137 e. The van der Waals surface area contributed by atoms with E-state index in [1.807, 2.05) is 36.4 Å². The Labute approximate surface area is 135 Å². The zero-order chi connectivity index (χ0) is 15.5. The van der Waals surface area contributed by atoms with Crippen LogP contribution in [0.1, 0.15) is 25.2 Å². The van der Waals surface area contributed by atoms with Gasteiger partial charge in [-0.15, -0.1) is 0 Å². The zero-order valence-corrected chi connectivity index (χ0v) is 13.4. The summed E-state index contributed by atoms with van der Waals surface area (Å²) in [5.41, 5.74) is 2.07. The fourth-order valence-corrected chi connectivity index (χ4v) is 2.56. The van der Waals surface area contributed by atoms with Crippen LogP contribution in [0, 0.1) is 0 Å². The van der Waals surface area contributed by atoms with Crippen LogP contribution in [0.25, 0.3) is 10.9 Å². The van der Waals surface area contributed by atoms with Crippen LogP contribution in [0.2, 0.25) is 5.02 Å². The molecule has 0 amide bonds. The van der Waals surface area contributed by atoms with Gasteiger partial charge in [0.15, 0.2) is 0 Å². The number of hydrogen-bond donors (Lipinski definition) is 1. The first-order valence-electron chi connectivity index (χ1n) is 7.38. The molecule has 0 bridgehead atoms. The van der Waals surface area contributed by atoms with Crippen molar-refractivity contribution in [2.45, 2.75) is 26.3 Å². The highest BCUT2D eigenvalue weighted by Crippen LogP contribution is 2.24. The van der Waals surface area contributed by atoms with Gasteiger partial charge in [0.25, 0.3) is 0 Å². The Morgan fingerprint density at radius 1 is 1.05 bits per heavy atom. The minimum atomic E-state index is 0.304. The van der Waals surface area contributed by atoms with Crippen molar-refractivity contribution in [1.29, 1.82) is 0 Å². The molecule has 1 heterocycles. The lowest BCUT2D eigenvalue weighted by Gasteiger charge is -2.13. The monoisotopic (exact) mass is 311 g/mol. The number of nitrogens with zero attached hydrogens (tertiary/aromatic N) is 2. The molecule has 0 spiro atoms. The van der Waals surface area contributed by atoms with E-state index in [0.29, 0.717) is 17.5 Å². The topological polar surface area (TPSA) is 37.8 Å². The molecule has 0 radical (unpaired) electrons. The molecule has 22 heavy (non-hydrogen) atoms. The molecule has 2 aromatic carbocycles. The van der Waals surface area contributed by atoms with Crippen LogP contribution in [0.15, 0.2) is 48.5 Å². The Balaban J connectivity index is 2.06. The number of fused-ring (bicyclic) bond motifs is 1. The van der Waals surface area contributed by atoms with Gasteiger partial charge in [0.2, 0.25) is 0 Å². The summed E-state index contributed by atoms with van der Waals surface area (Å²) in [6, 6.07) is 16.3.